The lowest BCUT2D eigenvalue weighted by molar-refractivity contribution is 0.0695. The summed E-state index contributed by atoms with van der Waals surface area (Å²) < 4.78 is 0. The van der Waals surface area contributed by atoms with Crippen LogP contribution in [0.25, 0.3) is 0 Å². The number of carbonyl (C=O) groups is 1. The van der Waals surface area contributed by atoms with Gasteiger partial charge in [0.05, 0.1) is 5.56 Å². The van der Waals surface area contributed by atoms with E-state index < -0.39 is 5.97 Å². The second kappa shape index (κ2) is 3.00. The van der Waals surface area contributed by atoms with Gasteiger partial charge in [-0.3, -0.25) is 0 Å². The number of carboxylic acid groups (broad SMARTS) is 1. The van der Waals surface area contributed by atoms with Gasteiger partial charge in [-0.25, -0.2) is 9.78 Å². The lowest BCUT2D eigenvalue weighted by Gasteiger charge is -2.04. The van der Waals surface area contributed by atoms with E-state index in [0.717, 1.165) is 30.4 Å². The molecule has 0 aromatic carbocycles. The standard InChI is InChI=1S/C9H8ClNO2/c10-8-6-3-1-2-5(6)7(4-11-8)9(12)13/h4H,1-3H2,(H,12,13). The molecule has 0 fully saturated rings. The van der Waals surface area contributed by atoms with E-state index in [2.05, 4.69) is 4.98 Å². The maximum atomic E-state index is 10.8. The number of aromatic carboxylic acids is 1. The van der Waals surface area contributed by atoms with E-state index in [-0.39, 0.29) is 0 Å². The first-order valence-electron chi connectivity index (χ1n) is 4.09. The van der Waals surface area contributed by atoms with Crippen molar-refractivity contribution in [2.45, 2.75) is 19.3 Å². The van der Waals surface area contributed by atoms with Crippen molar-refractivity contribution in [1.82, 2.24) is 4.98 Å². The average Bonchev–Trinajstić information content (AvgIpc) is 2.53. The lowest BCUT2D eigenvalue weighted by Crippen LogP contribution is -2.03. The molecular formula is C9H8ClNO2. The van der Waals surface area contributed by atoms with E-state index in [1.807, 2.05) is 0 Å². The molecule has 68 valence electrons. The summed E-state index contributed by atoms with van der Waals surface area (Å²) in [7, 11) is 0. The second-order valence-electron chi connectivity index (χ2n) is 3.08. The number of carboxylic acids is 1. The first-order valence-corrected chi connectivity index (χ1v) is 4.47. The van der Waals surface area contributed by atoms with Gasteiger partial charge in [-0.05, 0) is 30.4 Å². The van der Waals surface area contributed by atoms with Crippen LogP contribution in [0.15, 0.2) is 6.20 Å². The lowest BCUT2D eigenvalue weighted by atomic mass is 10.1. The molecule has 0 amide bonds. The first kappa shape index (κ1) is 8.51. The molecule has 2 rings (SSSR count). The summed E-state index contributed by atoms with van der Waals surface area (Å²) in [6.45, 7) is 0. The first-order chi connectivity index (χ1) is 6.20. The Bertz CT molecular complexity index is 376. The molecule has 4 heteroatoms. The molecule has 0 spiro atoms. The number of rotatable bonds is 1. The Hall–Kier alpha value is -1.09. The molecule has 1 aromatic rings. The minimum atomic E-state index is -0.915. The fraction of sp³-hybridized carbons (Fsp3) is 0.333. The van der Waals surface area contributed by atoms with Crippen molar-refractivity contribution in [3.63, 3.8) is 0 Å². The van der Waals surface area contributed by atoms with E-state index >= 15 is 0 Å². The Kier molecular flexibility index (Phi) is 1.96. The Morgan fingerprint density at radius 3 is 2.85 bits per heavy atom. The summed E-state index contributed by atoms with van der Waals surface area (Å²) in [5.41, 5.74) is 2.09. The molecule has 1 aliphatic rings. The summed E-state index contributed by atoms with van der Waals surface area (Å²) in [6.07, 6.45) is 3.97. The predicted molar refractivity (Wildman–Crippen MR) is 48.2 cm³/mol. The van der Waals surface area contributed by atoms with Crippen molar-refractivity contribution in [2.75, 3.05) is 0 Å². The van der Waals surface area contributed by atoms with Gasteiger partial charge in [0.15, 0.2) is 0 Å². The fourth-order valence-corrected chi connectivity index (χ4v) is 1.99. The van der Waals surface area contributed by atoms with Gasteiger partial charge in [-0.2, -0.15) is 0 Å². The van der Waals surface area contributed by atoms with Gasteiger partial charge in [0.2, 0.25) is 0 Å². The van der Waals surface area contributed by atoms with Crippen LogP contribution in [0.5, 0.6) is 0 Å². The van der Waals surface area contributed by atoms with Crippen molar-refractivity contribution in [3.8, 4) is 0 Å². The average molecular weight is 198 g/mol. The fourth-order valence-electron chi connectivity index (χ4n) is 1.73. The van der Waals surface area contributed by atoms with E-state index in [1.165, 1.54) is 6.20 Å². The molecule has 0 atom stereocenters. The Labute approximate surface area is 80.4 Å². The Morgan fingerprint density at radius 2 is 2.15 bits per heavy atom. The number of hydrogen-bond acceptors (Lipinski definition) is 2. The molecule has 13 heavy (non-hydrogen) atoms. The van der Waals surface area contributed by atoms with Gasteiger partial charge in [0.1, 0.15) is 5.15 Å². The Balaban J connectivity index is 2.62. The van der Waals surface area contributed by atoms with Crippen molar-refractivity contribution in [1.29, 1.82) is 0 Å². The molecule has 1 aliphatic carbocycles. The van der Waals surface area contributed by atoms with Crippen LogP contribution in [0.4, 0.5) is 0 Å². The molecular weight excluding hydrogens is 190 g/mol. The van der Waals surface area contributed by atoms with Gasteiger partial charge in [0.25, 0.3) is 0 Å². The van der Waals surface area contributed by atoms with Crippen LogP contribution in [-0.4, -0.2) is 16.1 Å². The maximum absolute atomic E-state index is 10.8. The predicted octanol–water partition coefficient (Wildman–Crippen LogP) is 1.92. The number of halogens is 1. The summed E-state index contributed by atoms with van der Waals surface area (Å²) in [6, 6.07) is 0. The highest BCUT2D eigenvalue weighted by molar-refractivity contribution is 6.30. The minimum absolute atomic E-state index is 0.303. The van der Waals surface area contributed by atoms with Gasteiger partial charge in [0, 0.05) is 6.20 Å². The molecule has 0 saturated carbocycles. The van der Waals surface area contributed by atoms with Gasteiger partial charge < -0.3 is 5.11 Å². The number of hydrogen-bond donors (Lipinski definition) is 1. The van der Waals surface area contributed by atoms with Crippen molar-refractivity contribution in [2.24, 2.45) is 0 Å². The van der Waals surface area contributed by atoms with Gasteiger partial charge in [-0.1, -0.05) is 11.6 Å². The van der Waals surface area contributed by atoms with Crippen LogP contribution in [0, 0.1) is 0 Å². The van der Waals surface area contributed by atoms with E-state index in [9.17, 15) is 4.79 Å². The monoisotopic (exact) mass is 197 g/mol. The third-order valence-electron chi connectivity index (χ3n) is 2.33. The van der Waals surface area contributed by atoms with Crippen molar-refractivity contribution < 1.29 is 9.90 Å². The maximum Gasteiger partial charge on any atom is 0.337 e. The topological polar surface area (TPSA) is 50.2 Å². The highest BCUT2D eigenvalue weighted by Crippen LogP contribution is 2.29. The normalized spacial score (nSPS) is 14.2. The van der Waals surface area contributed by atoms with E-state index in [0.29, 0.717) is 10.7 Å². The molecule has 3 nitrogen and oxygen atoms in total. The third kappa shape index (κ3) is 1.29. The van der Waals surface area contributed by atoms with Crippen LogP contribution in [0.1, 0.15) is 27.9 Å². The molecule has 0 saturated heterocycles. The summed E-state index contributed by atoms with van der Waals surface area (Å²) in [5.74, 6) is -0.915. The highest BCUT2D eigenvalue weighted by Gasteiger charge is 2.21. The zero-order chi connectivity index (χ0) is 9.42. The van der Waals surface area contributed by atoms with E-state index in [4.69, 9.17) is 16.7 Å². The molecule has 1 N–H and O–H groups in total. The number of pyridine rings is 1. The second-order valence-corrected chi connectivity index (χ2v) is 3.44. The largest absolute Gasteiger partial charge is 0.478 e. The molecule has 0 aliphatic heterocycles. The quantitative estimate of drug-likeness (QED) is 0.700. The minimum Gasteiger partial charge on any atom is -0.478 e. The van der Waals surface area contributed by atoms with Crippen LogP contribution < -0.4 is 0 Å². The van der Waals surface area contributed by atoms with E-state index in [1.54, 1.807) is 0 Å². The van der Waals surface area contributed by atoms with Crippen molar-refractivity contribution in [3.05, 3.63) is 28.0 Å². The molecule has 0 unspecified atom stereocenters. The van der Waals surface area contributed by atoms with Crippen LogP contribution in [0.2, 0.25) is 5.15 Å². The summed E-state index contributed by atoms with van der Waals surface area (Å²) >= 11 is 5.84. The zero-order valence-corrected chi connectivity index (χ0v) is 7.64. The van der Waals surface area contributed by atoms with Crippen LogP contribution in [-0.2, 0) is 12.8 Å². The highest BCUT2D eigenvalue weighted by atomic mass is 35.5. The van der Waals surface area contributed by atoms with Crippen LogP contribution >= 0.6 is 11.6 Å². The van der Waals surface area contributed by atoms with Crippen LogP contribution in [0.3, 0.4) is 0 Å². The number of aromatic nitrogens is 1. The Morgan fingerprint density at radius 1 is 1.46 bits per heavy atom. The molecule has 0 radical (unpaired) electrons. The van der Waals surface area contributed by atoms with Crippen molar-refractivity contribution >= 4 is 17.6 Å². The molecule has 1 aromatic heterocycles. The third-order valence-corrected chi connectivity index (χ3v) is 2.66. The molecule has 0 bridgehead atoms. The summed E-state index contributed by atoms with van der Waals surface area (Å²) in [5, 5.41) is 9.31. The number of fused-ring (bicyclic) bond motifs is 1. The SMILES string of the molecule is O=C(O)c1cnc(Cl)c2c1CCC2. The van der Waals surface area contributed by atoms with Gasteiger partial charge in [-0.15, -0.1) is 0 Å². The zero-order valence-electron chi connectivity index (χ0n) is 6.88. The number of nitrogens with zero attached hydrogens (tertiary/aromatic N) is 1. The smallest absolute Gasteiger partial charge is 0.337 e. The summed E-state index contributed by atoms with van der Waals surface area (Å²) in [4.78, 5) is 14.6. The molecule has 1 heterocycles. The van der Waals surface area contributed by atoms with Gasteiger partial charge >= 0.3 is 5.97 Å².